The second-order valence-corrected chi connectivity index (χ2v) is 3.30. The Bertz CT molecular complexity index is 116. The van der Waals surface area contributed by atoms with Crippen LogP contribution in [0.1, 0.15) is 20.3 Å². The van der Waals surface area contributed by atoms with E-state index in [0.717, 1.165) is 6.61 Å². The number of hydrogen-bond donors (Lipinski definition) is 0. The van der Waals surface area contributed by atoms with Gasteiger partial charge in [-0.15, -0.1) is 6.58 Å². The minimum absolute atomic E-state index is 0.558. The van der Waals surface area contributed by atoms with Crippen LogP contribution < -0.4 is 0 Å². The Morgan fingerprint density at radius 2 is 2.30 bits per heavy atom. The lowest BCUT2D eigenvalue weighted by Gasteiger charge is -2.10. The highest BCUT2D eigenvalue weighted by Gasteiger charge is 2.29. The number of allylic oxidation sites excluding steroid dienone is 1. The van der Waals surface area contributed by atoms with E-state index in [1.165, 1.54) is 6.42 Å². The average molecular weight is 140 g/mol. The molecule has 1 rings (SSSR count). The first-order valence-corrected chi connectivity index (χ1v) is 3.98. The standard InChI is InChI=1S/C9H16O/c1-4-7(2)5-8(3)9-6-10-9/h4,7-9H,1,5-6H2,2-3H3. The fourth-order valence-electron chi connectivity index (χ4n) is 1.22. The maximum Gasteiger partial charge on any atom is 0.0835 e. The van der Waals surface area contributed by atoms with Crippen molar-refractivity contribution in [1.29, 1.82) is 0 Å². The zero-order chi connectivity index (χ0) is 7.56. The molecule has 0 aromatic heterocycles. The third kappa shape index (κ3) is 2.14. The highest BCUT2D eigenvalue weighted by atomic mass is 16.6. The first kappa shape index (κ1) is 7.80. The maximum absolute atomic E-state index is 5.18. The van der Waals surface area contributed by atoms with E-state index in [1.807, 2.05) is 6.08 Å². The summed E-state index contributed by atoms with van der Waals surface area (Å²) in [5.41, 5.74) is 0. The predicted octanol–water partition coefficient (Wildman–Crippen LogP) is 2.23. The van der Waals surface area contributed by atoms with Gasteiger partial charge in [-0.25, -0.2) is 0 Å². The molecule has 0 radical (unpaired) electrons. The maximum atomic E-state index is 5.18. The normalized spacial score (nSPS) is 29.2. The van der Waals surface area contributed by atoms with Gasteiger partial charge < -0.3 is 4.74 Å². The Morgan fingerprint density at radius 1 is 1.70 bits per heavy atom. The number of hydrogen-bond acceptors (Lipinski definition) is 1. The molecule has 58 valence electrons. The third-order valence-electron chi connectivity index (χ3n) is 2.14. The summed E-state index contributed by atoms with van der Waals surface area (Å²) in [4.78, 5) is 0. The van der Waals surface area contributed by atoms with Crippen LogP contribution in [-0.4, -0.2) is 12.7 Å². The van der Waals surface area contributed by atoms with E-state index in [2.05, 4.69) is 20.4 Å². The Balaban J connectivity index is 2.15. The molecule has 0 aromatic carbocycles. The van der Waals surface area contributed by atoms with Gasteiger partial charge in [-0.2, -0.15) is 0 Å². The van der Waals surface area contributed by atoms with Crippen LogP contribution in [0.5, 0.6) is 0 Å². The monoisotopic (exact) mass is 140 g/mol. The highest BCUT2D eigenvalue weighted by Crippen LogP contribution is 2.25. The van der Waals surface area contributed by atoms with E-state index in [4.69, 9.17) is 4.74 Å². The summed E-state index contributed by atoms with van der Waals surface area (Å²) in [5.74, 6) is 1.35. The first-order valence-electron chi connectivity index (χ1n) is 3.98. The van der Waals surface area contributed by atoms with Crippen molar-refractivity contribution in [2.75, 3.05) is 6.61 Å². The summed E-state index contributed by atoms with van der Waals surface area (Å²) >= 11 is 0. The molecule has 0 N–H and O–H groups in total. The van der Waals surface area contributed by atoms with Gasteiger partial charge in [-0.05, 0) is 18.3 Å². The Labute approximate surface area is 63.1 Å². The first-order chi connectivity index (χ1) is 4.74. The van der Waals surface area contributed by atoms with E-state index in [-0.39, 0.29) is 0 Å². The van der Waals surface area contributed by atoms with E-state index in [0.29, 0.717) is 17.9 Å². The van der Waals surface area contributed by atoms with E-state index in [9.17, 15) is 0 Å². The molecule has 1 aliphatic rings. The zero-order valence-corrected chi connectivity index (χ0v) is 6.84. The molecule has 0 aromatic rings. The average Bonchev–Trinajstić information content (AvgIpc) is 2.68. The second-order valence-electron chi connectivity index (χ2n) is 3.30. The van der Waals surface area contributed by atoms with Gasteiger partial charge in [0.05, 0.1) is 12.7 Å². The predicted molar refractivity (Wildman–Crippen MR) is 42.9 cm³/mol. The number of ether oxygens (including phenoxy) is 1. The second kappa shape index (κ2) is 3.20. The van der Waals surface area contributed by atoms with Crippen LogP contribution in [0.2, 0.25) is 0 Å². The quantitative estimate of drug-likeness (QED) is 0.431. The fraction of sp³-hybridized carbons (Fsp3) is 0.778. The molecule has 3 atom stereocenters. The van der Waals surface area contributed by atoms with Crippen molar-refractivity contribution in [2.24, 2.45) is 11.8 Å². The summed E-state index contributed by atoms with van der Waals surface area (Å²) in [6, 6.07) is 0. The van der Waals surface area contributed by atoms with Gasteiger partial charge >= 0.3 is 0 Å². The highest BCUT2D eigenvalue weighted by molar-refractivity contribution is 4.82. The molecule has 1 aliphatic heterocycles. The summed E-state index contributed by atoms with van der Waals surface area (Å²) in [7, 11) is 0. The molecule has 1 heteroatoms. The SMILES string of the molecule is C=CC(C)CC(C)C1CO1. The third-order valence-corrected chi connectivity index (χ3v) is 2.14. The Morgan fingerprint density at radius 3 is 2.70 bits per heavy atom. The van der Waals surface area contributed by atoms with Gasteiger partial charge in [0.1, 0.15) is 0 Å². The molecule has 3 unspecified atom stereocenters. The summed E-state index contributed by atoms with van der Waals surface area (Å²) in [5, 5.41) is 0. The van der Waals surface area contributed by atoms with Crippen LogP contribution in [0.15, 0.2) is 12.7 Å². The lowest BCUT2D eigenvalue weighted by molar-refractivity contribution is 0.316. The molecule has 1 fully saturated rings. The van der Waals surface area contributed by atoms with Crippen LogP contribution in [0.25, 0.3) is 0 Å². The molecular formula is C9H16O. The van der Waals surface area contributed by atoms with Crippen molar-refractivity contribution in [1.82, 2.24) is 0 Å². The van der Waals surface area contributed by atoms with E-state index < -0.39 is 0 Å². The largest absolute Gasteiger partial charge is 0.373 e. The van der Waals surface area contributed by atoms with Crippen molar-refractivity contribution in [3.8, 4) is 0 Å². The molecular weight excluding hydrogens is 124 g/mol. The molecule has 1 heterocycles. The molecule has 0 saturated carbocycles. The minimum Gasteiger partial charge on any atom is -0.373 e. The van der Waals surface area contributed by atoms with Gasteiger partial charge in [0.15, 0.2) is 0 Å². The topological polar surface area (TPSA) is 12.5 Å². The molecule has 0 spiro atoms. The lowest BCUT2D eigenvalue weighted by Crippen LogP contribution is -2.06. The van der Waals surface area contributed by atoms with Gasteiger partial charge in [0.2, 0.25) is 0 Å². The van der Waals surface area contributed by atoms with Crippen LogP contribution in [0, 0.1) is 11.8 Å². The summed E-state index contributed by atoms with van der Waals surface area (Å²) in [6.45, 7) is 9.18. The van der Waals surface area contributed by atoms with Crippen LogP contribution in [0.4, 0.5) is 0 Å². The molecule has 0 amide bonds. The summed E-state index contributed by atoms with van der Waals surface area (Å²) < 4.78 is 5.18. The number of rotatable bonds is 4. The Kier molecular flexibility index (Phi) is 2.50. The zero-order valence-electron chi connectivity index (χ0n) is 6.84. The smallest absolute Gasteiger partial charge is 0.0835 e. The van der Waals surface area contributed by atoms with Crippen molar-refractivity contribution in [3.05, 3.63) is 12.7 Å². The van der Waals surface area contributed by atoms with Gasteiger partial charge in [0, 0.05) is 0 Å². The van der Waals surface area contributed by atoms with Gasteiger partial charge in [0.25, 0.3) is 0 Å². The fourth-order valence-corrected chi connectivity index (χ4v) is 1.22. The van der Waals surface area contributed by atoms with Crippen molar-refractivity contribution in [3.63, 3.8) is 0 Å². The number of epoxide rings is 1. The molecule has 0 aliphatic carbocycles. The molecule has 10 heavy (non-hydrogen) atoms. The minimum atomic E-state index is 0.558. The Hall–Kier alpha value is -0.300. The van der Waals surface area contributed by atoms with Crippen molar-refractivity contribution in [2.45, 2.75) is 26.4 Å². The van der Waals surface area contributed by atoms with Crippen molar-refractivity contribution < 1.29 is 4.74 Å². The van der Waals surface area contributed by atoms with Gasteiger partial charge in [-0.3, -0.25) is 0 Å². The van der Waals surface area contributed by atoms with E-state index >= 15 is 0 Å². The molecule has 0 bridgehead atoms. The molecule has 1 nitrogen and oxygen atoms in total. The van der Waals surface area contributed by atoms with Crippen LogP contribution >= 0.6 is 0 Å². The van der Waals surface area contributed by atoms with Gasteiger partial charge in [-0.1, -0.05) is 19.9 Å². The van der Waals surface area contributed by atoms with E-state index in [1.54, 1.807) is 0 Å². The van der Waals surface area contributed by atoms with Crippen molar-refractivity contribution >= 4 is 0 Å². The lowest BCUT2D eigenvalue weighted by atomic mass is 9.95. The summed E-state index contributed by atoms with van der Waals surface area (Å²) in [6.07, 6.45) is 3.79. The van der Waals surface area contributed by atoms with Crippen LogP contribution in [-0.2, 0) is 4.74 Å². The molecule has 1 saturated heterocycles. The van der Waals surface area contributed by atoms with Crippen LogP contribution in [0.3, 0.4) is 0 Å².